The average Bonchev–Trinajstić information content (AvgIpc) is 3.33. The van der Waals surface area contributed by atoms with Crippen molar-refractivity contribution < 1.29 is 19.1 Å². The van der Waals surface area contributed by atoms with Crippen LogP contribution in [0, 0.1) is 17.8 Å². The highest BCUT2D eigenvalue weighted by molar-refractivity contribution is 6.02. The summed E-state index contributed by atoms with van der Waals surface area (Å²) >= 11 is 0. The molecule has 1 aromatic rings. The van der Waals surface area contributed by atoms with Gasteiger partial charge in [0.05, 0.1) is 18.5 Å². The maximum atomic E-state index is 13.3. The lowest BCUT2D eigenvalue weighted by Crippen LogP contribution is -2.23. The number of aromatic amines is 1. The van der Waals surface area contributed by atoms with Crippen molar-refractivity contribution in [2.45, 2.75) is 52.4 Å². The number of ketones is 1. The van der Waals surface area contributed by atoms with Crippen LogP contribution in [0.4, 0.5) is 0 Å². The Kier molecular flexibility index (Phi) is 6.83. The van der Waals surface area contributed by atoms with E-state index < -0.39 is 5.97 Å². The number of allylic oxidation sites excluding steroid dienone is 1. The number of hydrogen-bond acceptors (Lipinski definition) is 5. The average molecular weight is 374 g/mol. The van der Waals surface area contributed by atoms with Crippen molar-refractivity contribution in [1.82, 2.24) is 10.2 Å². The maximum Gasteiger partial charge on any atom is 0.341 e. The first-order valence-corrected chi connectivity index (χ1v) is 10.1. The van der Waals surface area contributed by atoms with Crippen molar-refractivity contribution in [1.29, 1.82) is 0 Å². The molecule has 2 fully saturated rings. The van der Waals surface area contributed by atoms with Crippen molar-refractivity contribution in [3.8, 4) is 0 Å². The third kappa shape index (κ3) is 5.06. The number of rotatable bonds is 7. The van der Waals surface area contributed by atoms with E-state index in [0.29, 0.717) is 42.7 Å². The Bertz CT molecular complexity index is 680. The van der Waals surface area contributed by atoms with Crippen molar-refractivity contribution in [3.05, 3.63) is 23.0 Å². The number of carbonyl (C=O) groups is 2. The minimum atomic E-state index is -0.417. The van der Waals surface area contributed by atoms with E-state index in [9.17, 15) is 9.59 Å². The molecule has 27 heavy (non-hydrogen) atoms. The van der Waals surface area contributed by atoms with E-state index in [0.717, 1.165) is 44.3 Å². The predicted molar refractivity (Wildman–Crippen MR) is 102 cm³/mol. The molecule has 1 atom stereocenters. The molecule has 1 saturated carbocycles. The Morgan fingerprint density at radius 2 is 2.07 bits per heavy atom. The molecular weight excluding hydrogens is 344 g/mol. The largest absolute Gasteiger partial charge is 0.462 e. The molecule has 0 unspecified atom stereocenters. The molecule has 1 saturated heterocycles. The van der Waals surface area contributed by atoms with E-state index in [1.807, 2.05) is 6.08 Å². The SMILES string of the molecule is CCOC(=O)c1cn[nH]c1C=C(C[C@@H]1CCOC1)C(=O)C1CCC(C)CC1. The minimum Gasteiger partial charge on any atom is -0.462 e. The summed E-state index contributed by atoms with van der Waals surface area (Å²) in [4.78, 5) is 25.4. The van der Waals surface area contributed by atoms with Crippen LogP contribution in [0.5, 0.6) is 0 Å². The lowest BCUT2D eigenvalue weighted by atomic mass is 9.78. The number of aromatic nitrogens is 2. The van der Waals surface area contributed by atoms with Gasteiger partial charge in [-0.15, -0.1) is 0 Å². The molecule has 1 N–H and O–H groups in total. The van der Waals surface area contributed by atoms with E-state index in [4.69, 9.17) is 9.47 Å². The van der Waals surface area contributed by atoms with Crippen LogP contribution in [0.15, 0.2) is 11.8 Å². The number of esters is 1. The van der Waals surface area contributed by atoms with E-state index in [2.05, 4.69) is 17.1 Å². The van der Waals surface area contributed by atoms with Crippen LogP contribution in [-0.2, 0) is 14.3 Å². The topological polar surface area (TPSA) is 81.3 Å². The normalized spacial score (nSPS) is 26.1. The summed E-state index contributed by atoms with van der Waals surface area (Å²) in [5.74, 6) is 0.950. The zero-order chi connectivity index (χ0) is 19.2. The minimum absolute atomic E-state index is 0.0868. The van der Waals surface area contributed by atoms with Gasteiger partial charge >= 0.3 is 5.97 Å². The Morgan fingerprint density at radius 3 is 2.74 bits per heavy atom. The molecule has 1 aliphatic heterocycles. The number of ether oxygens (including phenoxy) is 2. The molecule has 1 aromatic heterocycles. The lowest BCUT2D eigenvalue weighted by molar-refractivity contribution is -0.120. The first kappa shape index (κ1) is 19.8. The first-order valence-electron chi connectivity index (χ1n) is 10.1. The fourth-order valence-electron chi connectivity index (χ4n) is 4.02. The van der Waals surface area contributed by atoms with Crippen molar-refractivity contribution in [3.63, 3.8) is 0 Å². The molecule has 148 valence electrons. The highest BCUT2D eigenvalue weighted by atomic mass is 16.5. The number of Topliss-reactive ketones (excluding diaryl/α,β-unsaturated/α-hetero) is 1. The number of H-pyrrole nitrogens is 1. The third-order valence-electron chi connectivity index (χ3n) is 5.72. The second-order valence-corrected chi connectivity index (χ2v) is 7.84. The van der Waals surface area contributed by atoms with Crippen LogP contribution in [0.2, 0.25) is 0 Å². The zero-order valence-corrected chi connectivity index (χ0v) is 16.3. The van der Waals surface area contributed by atoms with Crippen LogP contribution >= 0.6 is 0 Å². The summed E-state index contributed by atoms with van der Waals surface area (Å²) in [7, 11) is 0. The lowest BCUT2D eigenvalue weighted by Gasteiger charge is -2.26. The van der Waals surface area contributed by atoms with E-state index >= 15 is 0 Å². The Labute approximate surface area is 160 Å². The van der Waals surface area contributed by atoms with Gasteiger partial charge in [-0.3, -0.25) is 9.89 Å². The van der Waals surface area contributed by atoms with Crippen molar-refractivity contribution in [2.75, 3.05) is 19.8 Å². The number of hydrogen-bond donors (Lipinski definition) is 1. The second-order valence-electron chi connectivity index (χ2n) is 7.84. The van der Waals surface area contributed by atoms with Crippen LogP contribution < -0.4 is 0 Å². The van der Waals surface area contributed by atoms with E-state index in [1.165, 1.54) is 6.20 Å². The van der Waals surface area contributed by atoms with Crippen LogP contribution in [-0.4, -0.2) is 41.8 Å². The highest BCUT2D eigenvalue weighted by Crippen LogP contribution is 2.33. The summed E-state index contributed by atoms with van der Waals surface area (Å²) in [6.07, 6.45) is 9.05. The summed E-state index contributed by atoms with van der Waals surface area (Å²) in [6, 6.07) is 0. The fraction of sp³-hybridized carbons (Fsp3) is 0.667. The smallest absolute Gasteiger partial charge is 0.341 e. The van der Waals surface area contributed by atoms with Crippen LogP contribution in [0.1, 0.15) is 68.4 Å². The maximum absolute atomic E-state index is 13.3. The Morgan fingerprint density at radius 1 is 1.30 bits per heavy atom. The molecule has 0 spiro atoms. The van der Waals surface area contributed by atoms with Gasteiger partial charge < -0.3 is 9.47 Å². The van der Waals surface area contributed by atoms with Gasteiger partial charge in [0.2, 0.25) is 0 Å². The molecule has 0 bridgehead atoms. The van der Waals surface area contributed by atoms with Gasteiger partial charge in [-0.05, 0) is 56.1 Å². The van der Waals surface area contributed by atoms with Gasteiger partial charge in [0.15, 0.2) is 5.78 Å². The number of carbonyl (C=O) groups excluding carboxylic acids is 2. The molecule has 6 nitrogen and oxygen atoms in total. The molecule has 0 aromatic carbocycles. The molecule has 3 rings (SSSR count). The van der Waals surface area contributed by atoms with Crippen LogP contribution in [0.25, 0.3) is 6.08 Å². The van der Waals surface area contributed by atoms with Gasteiger partial charge in [0.25, 0.3) is 0 Å². The Balaban J connectivity index is 1.83. The summed E-state index contributed by atoms with van der Waals surface area (Å²) in [5.41, 5.74) is 1.71. The monoisotopic (exact) mass is 374 g/mol. The number of nitrogens with one attached hydrogen (secondary N) is 1. The summed E-state index contributed by atoms with van der Waals surface area (Å²) < 4.78 is 10.6. The van der Waals surface area contributed by atoms with Gasteiger partial charge in [-0.1, -0.05) is 19.8 Å². The summed E-state index contributed by atoms with van der Waals surface area (Å²) in [6.45, 7) is 5.78. The van der Waals surface area contributed by atoms with E-state index in [-0.39, 0.29) is 11.7 Å². The molecule has 0 radical (unpaired) electrons. The number of nitrogens with zero attached hydrogens (tertiary/aromatic N) is 1. The molecule has 2 heterocycles. The van der Waals surface area contributed by atoms with Gasteiger partial charge in [0.1, 0.15) is 5.56 Å². The third-order valence-corrected chi connectivity index (χ3v) is 5.72. The fourth-order valence-corrected chi connectivity index (χ4v) is 4.02. The van der Waals surface area contributed by atoms with Gasteiger partial charge in [-0.25, -0.2) is 4.79 Å². The predicted octanol–water partition coefficient (Wildman–Crippen LogP) is 3.79. The van der Waals surface area contributed by atoms with Crippen LogP contribution in [0.3, 0.4) is 0 Å². The highest BCUT2D eigenvalue weighted by Gasteiger charge is 2.29. The second kappa shape index (κ2) is 9.31. The summed E-state index contributed by atoms with van der Waals surface area (Å²) in [5, 5.41) is 6.84. The standard InChI is InChI=1S/C21H30N2O4/c1-3-27-21(25)18-12-22-23-19(18)11-17(10-15-8-9-26-13-15)20(24)16-6-4-14(2)5-7-16/h11-12,14-16H,3-10,13H2,1-2H3,(H,22,23)/t14?,15-,16?/m0/s1. The van der Waals surface area contributed by atoms with Crippen molar-refractivity contribution in [2.24, 2.45) is 17.8 Å². The van der Waals surface area contributed by atoms with Gasteiger partial charge in [-0.2, -0.15) is 5.10 Å². The molecule has 0 amide bonds. The molecular formula is C21H30N2O4. The first-order chi connectivity index (χ1) is 13.1. The quantitative estimate of drug-likeness (QED) is 0.580. The van der Waals surface area contributed by atoms with Gasteiger partial charge in [0, 0.05) is 19.1 Å². The molecule has 6 heteroatoms. The van der Waals surface area contributed by atoms with Crippen molar-refractivity contribution >= 4 is 17.8 Å². The molecule has 2 aliphatic rings. The Hall–Kier alpha value is -1.95. The van der Waals surface area contributed by atoms with E-state index in [1.54, 1.807) is 6.92 Å². The molecule has 1 aliphatic carbocycles. The zero-order valence-electron chi connectivity index (χ0n) is 16.3.